The molecule has 0 saturated carbocycles. The molecule has 21 heavy (non-hydrogen) atoms. The maximum atomic E-state index is 5.87. The fourth-order valence-electron chi connectivity index (χ4n) is 3.27. The first-order chi connectivity index (χ1) is 10.1. The first kappa shape index (κ1) is 13.8. The predicted octanol–water partition coefficient (Wildman–Crippen LogP) is 3.99. The van der Waals surface area contributed by atoms with Crippen LogP contribution in [0.1, 0.15) is 34.7 Å². The summed E-state index contributed by atoms with van der Waals surface area (Å²) >= 11 is 0. The molecule has 1 unspecified atom stereocenters. The van der Waals surface area contributed by atoms with E-state index in [1.807, 2.05) is 6.07 Å². The highest BCUT2D eigenvalue weighted by Gasteiger charge is 2.23. The molecule has 0 radical (unpaired) electrons. The van der Waals surface area contributed by atoms with Crippen LogP contribution in [0.4, 0.5) is 11.4 Å². The summed E-state index contributed by atoms with van der Waals surface area (Å²) in [4.78, 5) is 0. The van der Waals surface area contributed by atoms with Crippen molar-refractivity contribution in [2.75, 3.05) is 18.2 Å². The Bertz CT molecular complexity index is 679. The smallest absolute Gasteiger partial charge is 0.126 e. The summed E-state index contributed by atoms with van der Waals surface area (Å²) in [6.07, 6.45) is 2.19. The number of nitrogen functional groups attached to an aromatic ring is 1. The standard InChI is InChI=1S/C18H22N2O/c1-11-4-8-16(12(2)18(11)21-3)20-17-9-5-13-10-14(19)6-7-15(13)17/h4,6-8,10,17,20H,5,9,19H2,1-3H3. The van der Waals surface area contributed by atoms with Crippen LogP contribution in [-0.2, 0) is 6.42 Å². The summed E-state index contributed by atoms with van der Waals surface area (Å²) < 4.78 is 5.51. The van der Waals surface area contributed by atoms with Crippen LogP contribution in [0.15, 0.2) is 30.3 Å². The average molecular weight is 282 g/mol. The molecule has 3 N–H and O–H groups in total. The van der Waals surface area contributed by atoms with E-state index >= 15 is 0 Å². The summed E-state index contributed by atoms with van der Waals surface area (Å²) in [5.41, 5.74) is 12.9. The summed E-state index contributed by atoms with van der Waals surface area (Å²) in [5, 5.41) is 3.67. The van der Waals surface area contributed by atoms with Crippen molar-refractivity contribution in [3.8, 4) is 5.75 Å². The fraction of sp³-hybridized carbons (Fsp3) is 0.333. The monoisotopic (exact) mass is 282 g/mol. The molecule has 3 nitrogen and oxygen atoms in total. The van der Waals surface area contributed by atoms with Crippen LogP contribution in [0.25, 0.3) is 0 Å². The van der Waals surface area contributed by atoms with Gasteiger partial charge in [-0.15, -0.1) is 0 Å². The molecule has 0 bridgehead atoms. The Morgan fingerprint density at radius 2 is 2.00 bits per heavy atom. The van der Waals surface area contributed by atoms with Gasteiger partial charge in [0.15, 0.2) is 0 Å². The lowest BCUT2D eigenvalue weighted by molar-refractivity contribution is 0.409. The van der Waals surface area contributed by atoms with Gasteiger partial charge in [0.1, 0.15) is 5.75 Å². The number of rotatable bonds is 3. The van der Waals surface area contributed by atoms with Gasteiger partial charge < -0.3 is 15.8 Å². The van der Waals surface area contributed by atoms with Gasteiger partial charge in [-0.1, -0.05) is 12.1 Å². The molecule has 0 aliphatic heterocycles. The molecule has 0 fully saturated rings. The Morgan fingerprint density at radius 1 is 1.19 bits per heavy atom. The van der Waals surface area contributed by atoms with Crippen molar-refractivity contribution in [3.05, 3.63) is 52.6 Å². The van der Waals surface area contributed by atoms with Crippen LogP contribution in [-0.4, -0.2) is 7.11 Å². The van der Waals surface area contributed by atoms with E-state index in [9.17, 15) is 0 Å². The number of nitrogens with two attached hydrogens (primary N) is 1. The first-order valence-corrected chi connectivity index (χ1v) is 7.39. The number of hydrogen-bond acceptors (Lipinski definition) is 3. The summed E-state index contributed by atoms with van der Waals surface area (Å²) in [7, 11) is 1.73. The zero-order valence-electron chi connectivity index (χ0n) is 12.9. The van der Waals surface area contributed by atoms with E-state index in [0.29, 0.717) is 6.04 Å². The van der Waals surface area contributed by atoms with E-state index in [2.05, 4.69) is 43.4 Å². The Hall–Kier alpha value is -2.16. The molecule has 3 heteroatoms. The van der Waals surface area contributed by atoms with Gasteiger partial charge in [-0.3, -0.25) is 0 Å². The van der Waals surface area contributed by atoms with Crippen LogP contribution in [0, 0.1) is 13.8 Å². The Morgan fingerprint density at radius 3 is 2.76 bits per heavy atom. The van der Waals surface area contributed by atoms with Crippen molar-refractivity contribution in [2.45, 2.75) is 32.7 Å². The van der Waals surface area contributed by atoms with Gasteiger partial charge in [0.05, 0.1) is 13.2 Å². The Labute approximate surface area is 126 Å². The van der Waals surface area contributed by atoms with Crippen molar-refractivity contribution in [3.63, 3.8) is 0 Å². The van der Waals surface area contributed by atoms with E-state index in [4.69, 9.17) is 10.5 Å². The highest BCUT2D eigenvalue weighted by atomic mass is 16.5. The van der Waals surface area contributed by atoms with E-state index in [1.165, 1.54) is 22.3 Å². The molecule has 0 saturated heterocycles. The number of nitrogens with one attached hydrogen (secondary N) is 1. The second-order valence-corrected chi connectivity index (χ2v) is 5.78. The van der Waals surface area contributed by atoms with Gasteiger partial charge in [0.2, 0.25) is 0 Å². The highest BCUT2D eigenvalue weighted by molar-refractivity contribution is 5.61. The number of hydrogen-bond donors (Lipinski definition) is 2. The van der Waals surface area contributed by atoms with Crippen molar-refractivity contribution in [1.82, 2.24) is 0 Å². The van der Waals surface area contributed by atoms with Gasteiger partial charge in [-0.2, -0.15) is 0 Å². The lowest BCUT2D eigenvalue weighted by Gasteiger charge is -2.20. The number of methoxy groups -OCH3 is 1. The molecule has 0 heterocycles. The molecule has 1 aliphatic rings. The van der Waals surface area contributed by atoms with Gasteiger partial charge in [0.25, 0.3) is 0 Å². The minimum absolute atomic E-state index is 0.353. The van der Waals surface area contributed by atoms with Crippen molar-refractivity contribution >= 4 is 11.4 Å². The second kappa shape index (κ2) is 5.32. The highest BCUT2D eigenvalue weighted by Crippen LogP contribution is 2.37. The van der Waals surface area contributed by atoms with Gasteiger partial charge in [-0.05, 0) is 61.6 Å². The number of anilines is 2. The third kappa shape index (κ3) is 2.44. The number of fused-ring (bicyclic) bond motifs is 1. The number of benzene rings is 2. The molecule has 1 atom stereocenters. The zero-order chi connectivity index (χ0) is 15.0. The molecule has 0 spiro atoms. The SMILES string of the molecule is COc1c(C)ccc(NC2CCc3cc(N)ccc32)c1C. The lowest BCUT2D eigenvalue weighted by Crippen LogP contribution is -2.09. The van der Waals surface area contributed by atoms with Crippen LogP contribution in [0.3, 0.4) is 0 Å². The third-order valence-electron chi connectivity index (χ3n) is 4.38. The molecule has 2 aromatic carbocycles. The Kier molecular flexibility index (Phi) is 3.50. The van der Waals surface area contributed by atoms with Crippen molar-refractivity contribution < 1.29 is 4.74 Å². The second-order valence-electron chi connectivity index (χ2n) is 5.78. The van der Waals surface area contributed by atoms with Crippen LogP contribution in [0.5, 0.6) is 5.75 Å². The van der Waals surface area contributed by atoms with Crippen molar-refractivity contribution in [2.24, 2.45) is 0 Å². The van der Waals surface area contributed by atoms with Crippen LogP contribution < -0.4 is 15.8 Å². The summed E-state index contributed by atoms with van der Waals surface area (Å²) in [6, 6.07) is 10.8. The molecule has 2 aromatic rings. The van der Waals surface area contributed by atoms with Crippen molar-refractivity contribution in [1.29, 1.82) is 0 Å². The number of ether oxygens (including phenoxy) is 1. The molecule has 3 rings (SSSR count). The fourth-order valence-corrected chi connectivity index (χ4v) is 3.27. The first-order valence-electron chi connectivity index (χ1n) is 7.39. The Balaban J connectivity index is 1.90. The lowest BCUT2D eigenvalue weighted by atomic mass is 10.0. The minimum atomic E-state index is 0.353. The molecular weight excluding hydrogens is 260 g/mol. The van der Waals surface area contributed by atoms with Gasteiger partial charge >= 0.3 is 0 Å². The molecule has 0 amide bonds. The normalized spacial score (nSPS) is 16.6. The summed E-state index contributed by atoms with van der Waals surface area (Å²) in [5.74, 6) is 0.968. The number of aryl methyl sites for hydroxylation is 2. The average Bonchev–Trinajstić information content (AvgIpc) is 2.85. The molecular formula is C18H22N2O. The molecule has 110 valence electrons. The van der Waals surface area contributed by atoms with Crippen LogP contribution >= 0.6 is 0 Å². The van der Waals surface area contributed by atoms with Gasteiger partial charge in [0, 0.05) is 16.9 Å². The predicted molar refractivity (Wildman–Crippen MR) is 88.0 cm³/mol. The topological polar surface area (TPSA) is 47.3 Å². The van der Waals surface area contributed by atoms with Gasteiger partial charge in [-0.25, -0.2) is 0 Å². The zero-order valence-corrected chi connectivity index (χ0v) is 12.9. The minimum Gasteiger partial charge on any atom is -0.496 e. The van der Waals surface area contributed by atoms with Crippen LogP contribution in [0.2, 0.25) is 0 Å². The molecule has 1 aliphatic carbocycles. The summed E-state index contributed by atoms with van der Waals surface area (Å²) in [6.45, 7) is 4.18. The van der Waals surface area contributed by atoms with E-state index in [-0.39, 0.29) is 0 Å². The van der Waals surface area contributed by atoms with E-state index in [0.717, 1.165) is 30.0 Å². The van der Waals surface area contributed by atoms with E-state index < -0.39 is 0 Å². The third-order valence-corrected chi connectivity index (χ3v) is 4.38. The molecule has 0 aromatic heterocycles. The maximum Gasteiger partial charge on any atom is 0.126 e. The maximum absolute atomic E-state index is 5.87. The van der Waals surface area contributed by atoms with E-state index in [1.54, 1.807) is 7.11 Å². The largest absolute Gasteiger partial charge is 0.496 e. The quantitative estimate of drug-likeness (QED) is 0.837.